The monoisotopic (exact) mass is 258 g/mol. The SMILES string of the molecule is NC1C[C@@H](C(=O)O)N(N2CC(N)C[C@H]2C(=O)O)C1. The Morgan fingerprint density at radius 3 is 1.50 bits per heavy atom. The van der Waals surface area contributed by atoms with Gasteiger partial charge in [-0.05, 0) is 12.8 Å². The van der Waals surface area contributed by atoms with Gasteiger partial charge in [0.05, 0.1) is 0 Å². The van der Waals surface area contributed by atoms with Crippen molar-refractivity contribution in [2.24, 2.45) is 11.5 Å². The predicted octanol–water partition coefficient (Wildman–Crippen LogP) is -2.13. The lowest BCUT2D eigenvalue weighted by atomic mass is 10.2. The Hall–Kier alpha value is -1.22. The molecule has 0 aliphatic carbocycles. The van der Waals surface area contributed by atoms with Crippen molar-refractivity contribution in [3.8, 4) is 0 Å². The summed E-state index contributed by atoms with van der Waals surface area (Å²) in [4.78, 5) is 22.3. The smallest absolute Gasteiger partial charge is 0.322 e. The molecule has 2 saturated heterocycles. The Balaban J connectivity index is 2.18. The molecular weight excluding hydrogens is 240 g/mol. The molecule has 8 nitrogen and oxygen atoms in total. The van der Waals surface area contributed by atoms with Gasteiger partial charge >= 0.3 is 11.9 Å². The third-order valence-electron chi connectivity index (χ3n) is 3.51. The number of nitrogens with zero attached hydrogens (tertiary/aromatic N) is 2. The zero-order valence-electron chi connectivity index (χ0n) is 9.90. The highest BCUT2D eigenvalue weighted by molar-refractivity contribution is 5.75. The van der Waals surface area contributed by atoms with Crippen molar-refractivity contribution in [2.45, 2.75) is 37.0 Å². The molecule has 0 aromatic carbocycles. The van der Waals surface area contributed by atoms with Crippen LogP contribution in [-0.2, 0) is 9.59 Å². The number of nitrogens with two attached hydrogens (primary N) is 2. The van der Waals surface area contributed by atoms with Crippen LogP contribution in [0.5, 0.6) is 0 Å². The molecule has 0 aromatic heterocycles. The van der Waals surface area contributed by atoms with Gasteiger partial charge in [-0.2, -0.15) is 0 Å². The van der Waals surface area contributed by atoms with E-state index in [0.29, 0.717) is 25.9 Å². The fourth-order valence-corrected chi connectivity index (χ4v) is 2.73. The van der Waals surface area contributed by atoms with E-state index in [-0.39, 0.29) is 12.1 Å². The van der Waals surface area contributed by atoms with Crippen molar-refractivity contribution < 1.29 is 19.8 Å². The first kappa shape index (κ1) is 13.2. The molecule has 2 rings (SSSR count). The summed E-state index contributed by atoms with van der Waals surface area (Å²) < 4.78 is 0. The average Bonchev–Trinajstić information content (AvgIpc) is 2.81. The molecule has 0 saturated carbocycles. The molecule has 6 N–H and O–H groups in total. The van der Waals surface area contributed by atoms with Crippen LogP contribution in [-0.4, -0.2) is 69.4 Å². The maximum Gasteiger partial charge on any atom is 0.322 e. The Kier molecular flexibility index (Phi) is 3.53. The molecule has 2 unspecified atom stereocenters. The number of hydrogen-bond acceptors (Lipinski definition) is 6. The van der Waals surface area contributed by atoms with Crippen LogP contribution in [0.4, 0.5) is 0 Å². The van der Waals surface area contributed by atoms with Crippen LogP contribution in [0.2, 0.25) is 0 Å². The van der Waals surface area contributed by atoms with Gasteiger partial charge in [0.2, 0.25) is 0 Å². The molecular formula is C10H18N4O4. The first-order valence-corrected chi connectivity index (χ1v) is 5.90. The summed E-state index contributed by atoms with van der Waals surface area (Å²) in [7, 11) is 0. The molecule has 0 amide bonds. The minimum absolute atomic E-state index is 0.252. The van der Waals surface area contributed by atoms with Crippen LogP contribution < -0.4 is 11.5 Å². The van der Waals surface area contributed by atoms with Crippen LogP contribution >= 0.6 is 0 Å². The highest BCUT2D eigenvalue weighted by Crippen LogP contribution is 2.26. The second-order valence-electron chi connectivity index (χ2n) is 4.94. The number of rotatable bonds is 3. The van der Waals surface area contributed by atoms with E-state index in [9.17, 15) is 9.59 Å². The Bertz CT molecular complexity index is 330. The van der Waals surface area contributed by atoms with Gasteiger partial charge < -0.3 is 21.7 Å². The number of hydrazine groups is 1. The van der Waals surface area contributed by atoms with Gasteiger partial charge in [0.1, 0.15) is 12.1 Å². The van der Waals surface area contributed by atoms with Crippen LogP contribution in [0.3, 0.4) is 0 Å². The summed E-state index contributed by atoms with van der Waals surface area (Å²) in [6.45, 7) is 0.709. The van der Waals surface area contributed by atoms with E-state index in [1.54, 1.807) is 10.0 Å². The summed E-state index contributed by atoms with van der Waals surface area (Å²) in [6.07, 6.45) is 0.654. The third kappa shape index (κ3) is 2.32. The lowest BCUT2D eigenvalue weighted by molar-refractivity contribution is -0.160. The topological polar surface area (TPSA) is 133 Å². The Morgan fingerprint density at radius 2 is 1.22 bits per heavy atom. The van der Waals surface area contributed by atoms with E-state index in [4.69, 9.17) is 21.7 Å². The molecule has 8 heteroatoms. The van der Waals surface area contributed by atoms with Gasteiger partial charge in [-0.3, -0.25) is 9.59 Å². The van der Waals surface area contributed by atoms with E-state index < -0.39 is 24.0 Å². The van der Waals surface area contributed by atoms with E-state index in [2.05, 4.69) is 0 Å². The first-order chi connectivity index (χ1) is 8.40. The molecule has 102 valence electrons. The highest BCUT2D eigenvalue weighted by atomic mass is 16.4. The fourth-order valence-electron chi connectivity index (χ4n) is 2.73. The van der Waals surface area contributed by atoms with Crippen LogP contribution in [0.1, 0.15) is 12.8 Å². The number of hydrogen-bond donors (Lipinski definition) is 4. The van der Waals surface area contributed by atoms with Crippen molar-refractivity contribution in [1.82, 2.24) is 10.0 Å². The molecule has 0 aromatic rings. The molecule has 2 fully saturated rings. The molecule has 0 spiro atoms. The molecule has 2 heterocycles. The van der Waals surface area contributed by atoms with Crippen molar-refractivity contribution >= 4 is 11.9 Å². The second kappa shape index (κ2) is 4.81. The van der Waals surface area contributed by atoms with Crippen molar-refractivity contribution in [3.05, 3.63) is 0 Å². The number of carboxylic acids is 2. The van der Waals surface area contributed by atoms with Crippen molar-refractivity contribution in [1.29, 1.82) is 0 Å². The number of carboxylic acid groups (broad SMARTS) is 2. The minimum atomic E-state index is -0.979. The quantitative estimate of drug-likeness (QED) is 0.451. The first-order valence-electron chi connectivity index (χ1n) is 5.90. The van der Waals surface area contributed by atoms with E-state index >= 15 is 0 Å². The molecule has 2 aliphatic heterocycles. The maximum atomic E-state index is 11.2. The van der Waals surface area contributed by atoms with Gasteiger partial charge in [0, 0.05) is 25.2 Å². The Labute approximate surface area is 104 Å². The van der Waals surface area contributed by atoms with Crippen LogP contribution in [0.25, 0.3) is 0 Å². The molecule has 4 atom stereocenters. The highest BCUT2D eigenvalue weighted by Gasteiger charge is 2.46. The third-order valence-corrected chi connectivity index (χ3v) is 3.51. The summed E-state index contributed by atoms with van der Waals surface area (Å²) in [5, 5.41) is 21.4. The predicted molar refractivity (Wildman–Crippen MR) is 61.4 cm³/mol. The minimum Gasteiger partial charge on any atom is -0.480 e. The van der Waals surface area contributed by atoms with E-state index in [1.807, 2.05) is 0 Å². The average molecular weight is 258 g/mol. The molecule has 2 aliphatic rings. The fraction of sp³-hybridized carbons (Fsp3) is 0.800. The lowest BCUT2D eigenvalue weighted by Gasteiger charge is -2.33. The van der Waals surface area contributed by atoms with E-state index in [1.165, 1.54) is 0 Å². The normalized spacial score (nSPS) is 38.1. The van der Waals surface area contributed by atoms with E-state index in [0.717, 1.165) is 0 Å². The summed E-state index contributed by atoms with van der Waals surface area (Å²) in [5.74, 6) is -1.96. The zero-order valence-corrected chi connectivity index (χ0v) is 9.90. The molecule has 0 radical (unpaired) electrons. The Morgan fingerprint density at radius 1 is 0.889 bits per heavy atom. The van der Waals surface area contributed by atoms with Crippen LogP contribution in [0.15, 0.2) is 0 Å². The summed E-state index contributed by atoms with van der Waals surface area (Å²) in [6, 6.07) is -2.02. The number of carbonyl (C=O) groups is 2. The summed E-state index contributed by atoms with van der Waals surface area (Å²) >= 11 is 0. The number of aliphatic carboxylic acids is 2. The van der Waals surface area contributed by atoms with Gasteiger partial charge in [-0.15, -0.1) is 0 Å². The standard InChI is InChI=1S/C10H18N4O4/c11-5-1-7(9(15)16)13(3-5)14-4-6(12)2-8(14)10(17)18/h5-8H,1-4,11-12H2,(H,15,16)(H,17,18)/t5?,6?,7-,8-/m0/s1. The van der Waals surface area contributed by atoms with Gasteiger partial charge in [0.15, 0.2) is 0 Å². The van der Waals surface area contributed by atoms with Crippen molar-refractivity contribution in [3.63, 3.8) is 0 Å². The largest absolute Gasteiger partial charge is 0.480 e. The maximum absolute atomic E-state index is 11.2. The van der Waals surface area contributed by atoms with Crippen LogP contribution in [0, 0.1) is 0 Å². The molecule has 18 heavy (non-hydrogen) atoms. The van der Waals surface area contributed by atoms with Gasteiger partial charge in [-0.25, -0.2) is 10.0 Å². The van der Waals surface area contributed by atoms with Gasteiger partial charge in [0.25, 0.3) is 0 Å². The molecule has 0 bridgehead atoms. The van der Waals surface area contributed by atoms with Crippen molar-refractivity contribution in [2.75, 3.05) is 13.1 Å². The van der Waals surface area contributed by atoms with Gasteiger partial charge in [-0.1, -0.05) is 0 Å². The zero-order chi connectivity index (χ0) is 13.4. The summed E-state index contributed by atoms with van der Waals surface area (Å²) in [5.41, 5.74) is 11.5. The second-order valence-corrected chi connectivity index (χ2v) is 4.94. The lowest BCUT2D eigenvalue weighted by Crippen LogP contribution is -2.53.